The maximum atomic E-state index is 11.9. The lowest BCUT2D eigenvalue weighted by Crippen LogP contribution is -2.43. The summed E-state index contributed by atoms with van der Waals surface area (Å²) < 4.78 is 5.35. The molecule has 0 fully saturated rings. The molecule has 0 aromatic heterocycles. The number of aryl methyl sites for hydroxylation is 1. The Hall–Kier alpha value is -1.55. The molecule has 1 aromatic rings. The van der Waals surface area contributed by atoms with Crippen molar-refractivity contribution in [2.75, 3.05) is 13.7 Å². The topological polar surface area (TPSA) is 50.4 Å². The third-order valence-corrected chi connectivity index (χ3v) is 3.01. The van der Waals surface area contributed by atoms with E-state index in [1.54, 1.807) is 7.11 Å². The smallest absolute Gasteiger partial charge is 0.234 e. The summed E-state index contributed by atoms with van der Waals surface area (Å²) in [5, 5.41) is 6.16. The van der Waals surface area contributed by atoms with E-state index in [2.05, 4.69) is 10.6 Å². The first kappa shape index (κ1) is 16.5. The summed E-state index contributed by atoms with van der Waals surface area (Å²) in [7, 11) is 1.64. The van der Waals surface area contributed by atoms with Crippen LogP contribution in [-0.2, 0) is 4.79 Å². The average Bonchev–Trinajstić information content (AvgIpc) is 2.35. The van der Waals surface area contributed by atoms with E-state index in [0.717, 1.165) is 16.9 Å². The Kier molecular flexibility index (Phi) is 5.57. The number of hydrogen-bond donors (Lipinski definition) is 2. The maximum absolute atomic E-state index is 11.9. The monoisotopic (exact) mass is 278 g/mol. The van der Waals surface area contributed by atoms with Crippen molar-refractivity contribution in [3.63, 3.8) is 0 Å². The Bertz CT molecular complexity index is 464. The molecular formula is C16H26N2O2. The van der Waals surface area contributed by atoms with Crippen LogP contribution in [0.2, 0.25) is 0 Å². The highest BCUT2D eigenvalue weighted by Crippen LogP contribution is 2.25. The quantitative estimate of drug-likeness (QED) is 0.870. The van der Waals surface area contributed by atoms with Crippen LogP contribution in [0, 0.1) is 6.92 Å². The minimum absolute atomic E-state index is 0.0176. The van der Waals surface area contributed by atoms with Crippen LogP contribution in [0.5, 0.6) is 5.75 Å². The number of hydrogen-bond acceptors (Lipinski definition) is 3. The molecule has 1 rings (SSSR count). The molecule has 1 unspecified atom stereocenters. The summed E-state index contributed by atoms with van der Waals surface area (Å²) >= 11 is 0. The van der Waals surface area contributed by atoms with Crippen LogP contribution in [0.3, 0.4) is 0 Å². The molecule has 0 radical (unpaired) electrons. The van der Waals surface area contributed by atoms with Gasteiger partial charge in [-0.15, -0.1) is 0 Å². The van der Waals surface area contributed by atoms with Crippen LogP contribution in [0.4, 0.5) is 0 Å². The lowest BCUT2D eigenvalue weighted by molar-refractivity contribution is -0.121. The molecule has 1 aromatic carbocycles. The summed E-state index contributed by atoms with van der Waals surface area (Å²) in [5.41, 5.74) is 2.08. The van der Waals surface area contributed by atoms with Crippen molar-refractivity contribution in [3.8, 4) is 5.75 Å². The fourth-order valence-corrected chi connectivity index (χ4v) is 1.91. The van der Waals surface area contributed by atoms with E-state index in [-0.39, 0.29) is 17.5 Å². The van der Waals surface area contributed by atoms with Gasteiger partial charge in [-0.2, -0.15) is 0 Å². The van der Waals surface area contributed by atoms with Gasteiger partial charge in [-0.25, -0.2) is 0 Å². The zero-order chi connectivity index (χ0) is 15.3. The van der Waals surface area contributed by atoms with E-state index in [1.807, 2.05) is 52.8 Å². The number of carbonyl (C=O) groups is 1. The Morgan fingerprint density at radius 1 is 1.35 bits per heavy atom. The molecule has 4 nitrogen and oxygen atoms in total. The summed E-state index contributed by atoms with van der Waals surface area (Å²) in [4.78, 5) is 11.9. The molecule has 0 aliphatic heterocycles. The van der Waals surface area contributed by atoms with Crippen molar-refractivity contribution in [2.45, 2.75) is 46.2 Å². The SMILES string of the molecule is COc1ccc(C)cc1C(C)NC(=O)CNC(C)(C)C. The van der Waals surface area contributed by atoms with E-state index in [0.29, 0.717) is 6.54 Å². The van der Waals surface area contributed by atoms with Crippen molar-refractivity contribution in [1.82, 2.24) is 10.6 Å². The molecule has 0 saturated heterocycles. The Morgan fingerprint density at radius 3 is 2.55 bits per heavy atom. The fraction of sp³-hybridized carbons (Fsp3) is 0.562. The second-order valence-electron chi connectivity index (χ2n) is 6.14. The highest BCUT2D eigenvalue weighted by molar-refractivity contribution is 5.78. The second-order valence-corrected chi connectivity index (χ2v) is 6.14. The first-order valence-corrected chi connectivity index (χ1v) is 6.92. The van der Waals surface area contributed by atoms with Crippen molar-refractivity contribution in [2.24, 2.45) is 0 Å². The highest BCUT2D eigenvalue weighted by atomic mass is 16.5. The maximum Gasteiger partial charge on any atom is 0.234 e. The first-order valence-electron chi connectivity index (χ1n) is 6.92. The molecule has 2 N–H and O–H groups in total. The number of ether oxygens (including phenoxy) is 1. The van der Waals surface area contributed by atoms with Gasteiger partial charge in [0.25, 0.3) is 0 Å². The van der Waals surface area contributed by atoms with Gasteiger partial charge in [-0.05, 0) is 40.7 Å². The molecule has 112 valence electrons. The third-order valence-electron chi connectivity index (χ3n) is 3.01. The predicted molar refractivity (Wildman–Crippen MR) is 82.0 cm³/mol. The zero-order valence-corrected chi connectivity index (χ0v) is 13.3. The molecule has 1 atom stereocenters. The van der Waals surface area contributed by atoms with Crippen molar-refractivity contribution < 1.29 is 9.53 Å². The van der Waals surface area contributed by atoms with Gasteiger partial charge in [0.2, 0.25) is 5.91 Å². The molecule has 0 saturated carbocycles. The molecule has 0 bridgehead atoms. The number of carbonyl (C=O) groups excluding carboxylic acids is 1. The molecular weight excluding hydrogens is 252 g/mol. The molecule has 0 heterocycles. The minimum atomic E-state index is -0.0841. The van der Waals surface area contributed by atoms with E-state index < -0.39 is 0 Å². The summed E-state index contributed by atoms with van der Waals surface area (Å²) in [6, 6.07) is 5.89. The molecule has 0 aliphatic carbocycles. The van der Waals surface area contributed by atoms with Crippen LogP contribution >= 0.6 is 0 Å². The standard InChI is InChI=1S/C16H26N2O2/c1-11-7-8-14(20-6)13(9-11)12(2)18-15(19)10-17-16(3,4)5/h7-9,12,17H,10H2,1-6H3,(H,18,19). The first-order chi connectivity index (χ1) is 9.23. The number of methoxy groups -OCH3 is 1. The summed E-state index contributed by atoms with van der Waals surface area (Å²) in [6.07, 6.45) is 0. The van der Waals surface area contributed by atoms with E-state index in [1.165, 1.54) is 0 Å². The van der Waals surface area contributed by atoms with E-state index in [4.69, 9.17) is 4.74 Å². The lowest BCUT2D eigenvalue weighted by atomic mass is 10.0. The zero-order valence-electron chi connectivity index (χ0n) is 13.3. The van der Waals surface area contributed by atoms with Crippen molar-refractivity contribution in [1.29, 1.82) is 0 Å². The number of rotatable bonds is 5. The Morgan fingerprint density at radius 2 is 2.00 bits per heavy atom. The van der Waals surface area contributed by atoms with E-state index in [9.17, 15) is 4.79 Å². The van der Waals surface area contributed by atoms with Gasteiger partial charge < -0.3 is 15.4 Å². The number of nitrogens with one attached hydrogen (secondary N) is 2. The summed E-state index contributed by atoms with van der Waals surface area (Å²) in [5.74, 6) is 0.781. The fourth-order valence-electron chi connectivity index (χ4n) is 1.91. The van der Waals surface area contributed by atoms with Gasteiger partial charge in [-0.3, -0.25) is 4.79 Å². The van der Waals surface area contributed by atoms with Gasteiger partial charge in [-0.1, -0.05) is 17.7 Å². The van der Waals surface area contributed by atoms with Crippen molar-refractivity contribution in [3.05, 3.63) is 29.3 Å². The van der Waals surface area contributed by atoms with Crippen LogP contribution in [0.15, 0.2) is 18.2 Å². The second kappa shape index (κ2) is 6.75. The van der Waals surface area contributed by atoms with Gasteiger partial charge >= 0.3 is 0 Å². The van der Waals surface area contributed by atoms with E-state index >= 15 is 0 Å². The highest BCUT2D eigenvalue weighted by Gasteiger charge is 2.16. The van der Waals surface area contributed by atoms with Crippen LogP contribution in [-0.4, -0.2) is 25.1 Å². The largest absolute Gasteiger partial charge is 0.496 e. The molecule has 0 spiro atoms. The van der Waals surface area contributed by atoms with Crippen LogP contribution in [0.1, 0.15) is 44.9 Å². The third kappa shape index (κ3) is 5.21. The minimum Gasteiger partial charge on any atom is -0.496 e. The van der Waals surface area contributed by atoms with Gasteiger partial charge in [0.1, 0.15) is 5.75 Å². The van der Waals surface area contributed by atoms with Crippen LogP contribution < -0.4 is 15.4 Å². The van der Waals surface area contributed by atoms with Gasteiger partial charge in [0, 0.05) is 11.1 Å². The lowest BCUT2D eigenvalue weighted by Gasteiger charge is -2.22. The molecule has 20 heavy (non-hydrogen) atoms. The number of amides is 1. The molecule has 4 heteroatoms. The Labute approximate surface area is 121 Å². The van der Waals surface area contributed by atoms with Crippen LogP contribution in [0.25, 0.3) is 0 Å². The number of benzene rings is 1. The Balaban J connectivity index is 2.69. The predicted octanol–water partition coefficient (Wildman–Crippen LogP) is 2.57. The summed E-state index contributed by atoms with van der Waals surface area (Å²) in [6.45, 7) is 10.4. The average molecular weight is 278 g/mol. The molecule has 0 aliphatic rings. The van der Waals surface area contributed by atoms with Crippen molar-refractivity contribution >= 4 is 5.91 Å². The molecule has 1 amide bonds. The van der Waals surface area contributed by atoms with Gasteiger partial charge in [0.15, 0.2) is 0 Å². The van der Waals surface area contributed by atoms with Gasteiger partial charge in [0.05, 0.1) is 19.7 Å². The normalized spacial score (nSPS) is 12.9.